The third kappa shape index (κ3) is 3.90. The quantitative estimate of drug-likeness (QED) is 0.299. The summed E-state index contributed by atoms with van der Waals surface area (Å²) in [4.78, 5) is 8.13. The van der Waals surface area contributed by atoms with Crippen molar-refractivity contribution in [2.45, 2.75) is 54.1 Å². The molecule has 0 saturated carbocycles. The SMILES string of the molecule is O=[P+](O)CCC(F)(F)C(F)(F)C(F)(F)C(F)(F)C(F)(F)C(F)(F)C(F)(F)C(F)(F)F. The molecule has 1 atom stereocenters. The smallest absolute Gasteiger partial charge is 0.199 e. The van der Waals surface area contributed by atoms with Gasteiger partial charge in [0, 0.05) is 0 Å². The van der Waals surface area contributed by atoms with Crippen molar-refractivity contribution in [1.29, 1.82) is 0 Å². The molecule has 0 amide bonds. The molecule has 0 radical (unpaired) electrons. The molecule has 1 unspecified atom stereocenters. The van der Waals surface area contributed by atoms with E-state index >= 15 is 0 Å². The summed E-state index contributed by atoms with van der Waals surface area (Å²) in [5.74, 6) is -56.9. The second kappa shape index (κ2) is 7.48. The van der Waals surface area contributed by atoms with Crippen LogP contribution in [0.1, 0.15) is 6.42 Å². The van der Waals surface area contributed by atoms with Gasteiger partial charge in [-0.15, -0.1) is 0 Å². The highest BCUT2D eigenvalue weighted by Gasteiger charge is 2.95. The van der Waals surface area contributed by atoms with Crippen molar-refractivity contribution in [1.82, 2.24) is 0 Å². The first-order valence-electron chi connectivity index (χ1n) is 6.52. The van der Waals surface area contributed by atoms with E-state index in [4.69, 9.17) is 4.89 Å². The van der Waals surface area contributed by atoms with Gasteiger partial charge < -0.3 is 0 Å². The third-order valence-corrected chi connectivity index (χ3v) is 4.01. The fraction of sp³-hybridized carbons (Fsp3) is 1.00. The van der Waals surface area contributed by atoms with E-state index in [2.05, 4.69) is 0 Å². The Hall–Kier alpha value is -1.13. The maximum absolute atomic E-state index is 13.3. The molecule has 0 aliphatic heterocycles. The summed E-state index contributed by atoms with van der Waals surface area (Å²) in [6, 6.07) is 0. The summed E-state index contributed by atoms with van der Waals surface area (Å²) in [6.45, 7) is 0. The first kappa shape index (κ1) is 28.9. The van der Waals surface area contributed by atoms with Crippen LogP contribution >= 0.6 is 8.03 Å². The Morgan fingerprint density at radius 2 is 0.767 bits per heavy atom. The zero-order valence-electron chi connectivity index (χ0n) is 13.1. The molecule has 0 saturated heterocycles. The van der Waals surface area contributed by atoms with Crippen molar-refractivity contribution in [3.8, 4) is 0 Å². The van der Waals surface area contributed by atoms with E-state index in [0.717, 1.165) is 0 Å². The van der Waals surface area contributed by atoms with Crippen molar-refractivity contribution in [2.75, 3.05) is 6.16 Å². The minimum absolute atomic E-state index is 2.04. The molecule has 0 rings (SSSR count). The van der Waals surface area contributed by atoms with Crippen LogP contribution < -0.4 is 0 Å². The van der Waals surface area contributed by atoms with Gasteiger partial charge >= 0.3 is 55.7 Å². The highest BCUT2D eigenvalue weighted by molar-refractivity contribution is 7.37. The highest BCUT2D eigenvalue weighted by Crippen LogP contribution is 2.64. The third-order valence-electron chi connectivity index (χ3n) is 3.40. The van der Waals surface area contributed by atoms with Crippen molar-refractivity contribution in [3.63, 3.8) is 0 Å². The Bertz CT molecular complexity index is 651. The Kier molecular flexibility index (Phi) is 7.20. The van der Waals surface area contributed by atoms with Crippen molar-refractivity contribution >= 4 is 8.03 Å². The molecule has 0 aromatic carbocycles. The molecule has 0 aromatic rings. The van der Waals surface area contributed by atoms with Crippen LogP contribution in [0.25, 0.3) is 0 Å². The topological polar surface area (TPSA) is 37.3 Å². The zero-order chi connectivity index (χ0) is 25.0. The number of alkyl halides is 17. The molecular weight excluding hydrogens is 506 g/mol. The van der Waals surface area contributed by atoms with Crippen molar-refractivity contribution in [3.05, 3.63) is 0 Å². The van der Waals surface area contributed by atoms with Crippen molar-refractivity contribution < 1.29 is 84.1 Å². The van der Waals surface area contributed by atoms with Crippen LogP contribution in [0, 0.1) is 0 Å². The van der Waals surface area contributed by atoms with Crippen LogP contribution in [-0.2, 0) is 4.57 Å². The number of hydrogen-bond acceptors (Lipinski definition) is 1. The van der Waals surface area contributed by atoms with E-state index in [0.29, 0.717) is 0 Å². The van der Waals surface area contributed by atoms with Gasteiger partial charge in [0.1, 0.15) is 0 Å². The summed E-state index contributed by atoms with van der Waals surface area (Å²) in [7, 11) is -3.83. The first-order valence-corrected chi connectivity index (χ1v) is 7.91. The second-order valence-electron chi connectivity index (χ2n) is 5.47. The molecule has 2 nitrogen and oxygen atoms in total. The predicted molar refractivity (Wildman–Crippen MR) is 60.0 cm³/mol. The lowest BCUT2D eigenvalue weighted by molar-refractivity contribution is -0.461. The van der Waals surface area contributed by atoms with E-state index in [1.807, 2.05) is 0 Å². The summed E-state index contributed by atoms with van der Waals surface area (Å²) < 4.78 is 228. The van der Waals surface area contributed by atoms with Gasteiger partial charge in [-0.25, -0.2) is 0 Å². The van der Waals surface area contributed by atoms with E-state index in [1.54, 1.807) is 0 Å². The molecule has 0 spiro atoms. The molecule has 0 aliphatic carbocycles. The summed E-state index contributed by atoms with van der Waals surface area (Å²) in [5, 5.41) is 0. The Labute approximate surface area is 153 Å². The monoisotopic (exact) mass is 511 g/mol. The van der Waals surface area contributed by atoms with Crippen LogP contribution in [0.15, 0.2) is 0 Å². The van der Waals surface area contributed by atoms with Gasteiger partial charge in [0.15, 0.2) is 6.16 Å². The molecule has 0 aliphatic rings. The van der Waals surface area contributed by atoms with Gasteiger partial charge in [0.2, 0.25) is 0 Å². The van der Waals surface area contributed by atoms with Crippen LogP contribution in [0.5, 0.6) is 0 Å². The van der Waals surface area contributed by atoms with Gasteiger partial charge in [0.25, 0.3) is 0 Å². The number of rotatable bonds is 9. The minimum atomic E-state index is -8.68. The van der Waals surface area contributed by atoms with Gasteiger partial charge in [-0.1, -0.05) is 0 Å². The summed E-state index contributed by atoms with van der Waals surface area (Å²) in [6.07, 6.45) is -12.7. The summed E-state index contributed by atoms with van der Waals surface area (Å²) in [5.41, 5.74) is 0. The lowest BCUT2D eigenvalue weighted by atomic mass is 9.88. The fourth-order valence-corrected chi connectivity index (χ4v) is 2.06. The predicted octanol–water partition coefficient (Wildman–Crippen LogP) is 6.12. The average molecular weight is 511 g/mol. The van der Waals surface area contributed by atoms with E-state index < -0.39 is 68.2 Å². The molecule has 0 heterocycles. The van der Waals surface area contributed by atoms with Crippen LogP contribution in [0.2, 0.25) is 0 Å². The van der Waals surface area contributed by atoms with Gasteiger partial charge in [-0.05, 0) is 4.57 Å². The molecule has 30 heavy (non-hydrogen) atoms. The normalized spacial score (nSPS) is 16.7. The van der Waals surface area contributed by atoms with Gasteiger partial charge in [-0.2, -0.15) is 79.5 Å². The Morgan fingerprint density at radius 3 is 1.03 bits per heavy atom. The molecule has 0 fully saturated rings. The lowest BCUT2D eigenvalue weighted by Crippen LogP contribution is -2.74. The molecule has 0 bridgehead atoms. The van der Waals surface area contributed by atoms with E-state index in [1.165, 1.54) is 0 Å². The molecule has 1 N–H and O–H groups in total. The Balaban J connectivity index is 6.58. The number of halogens is 17. The van der Waals surface area contributed by atoms with Crippen LogP contribution in [0.3, 0.4) is 0 Å². The molecule has 180 valence electrons. The molecular formula is C10H5F17O2P+. The molecule has 20 heteroatoms. The average Bonchev–Trinajstić information content (AvgIpc) is 2.50. The summed E-state index contributed by atoms with van der Waals surface area (Å²) >= 11 is 0. The van der Waals surface area contributed by atoms with Gasteiger partial charge in [0.05, 0.1) is 6.42 Å². The van der Waals surface area contributed by atoms with Gasteiger partial charge in [-0.3, -0.25) is 0 Å². The zero-order valence-corrected chi connectivity index (χ0v) is 14.0. The standard InChI is InChI=1S/C10H4F17O2P/c11-3(12,1-2-30(28)29)4(13,14)5(15,16)6(17,18)7(19,20)8(21,22)9(23,24)10(25,26)27/h1-2H2/p+1. The maximum atomic E-state index is 13.3. The maximum Gasteiger partial charge on any atom is 0.505 e. The van der Waals surface area contributed by atoms with Crippen LogP contribution in [0.4, 0.5) is 74.6 Å². The molecule has 0 aromatic heterocycles. The van der Waals surface area contributed by atoms with E-state index in [9.17, 15) is 79.2 Å². The lowest BCUT2D eigenvalue weighted by Gasteiger charge is -2.42. The first-order chi connectivity index (χ1) is 12.7. The van der Waals surface area contributed by atoms with Crippen LogP contribution in [-0.4, -0.2) is 58.7 Å². The largest absolute Gasteiger partial charge is 0.505 e. The van der Waals surface area contributed by atoms with E-state index in [-0.39, 0.29) is 0 Å². The number of hydrogen-bond donors (Lipinski definition) is 1. The minimum Gasteiger partial charge on any atom is -0.199 e. The van der Waals surface area contributed by atoms with Crippen molar-refractivity contribution in [2.24, 2.45) is 0 Å². The highest BCUT2D eigenvalue weighted by atomic mass is 31.1. The second-order valence-corrected chi connectivity index (χ2v) is 6.63. The Morgan fingerprint density at radius 1 is 0.500 bits per heavy atom. The fourth-order valence-electron chi connectivity index (χ4n) is 1.59.